The minimum atomic E-state index is -3.87. The van der Waals surface area contributed by atoms with Crippen molar-refractivity contribution in [3.05, 3.63) is 59.2 Å². The van der Waals surface area contributed by atoms with Gasteiger partial charge in [0.15, 0.2) is 0 Å². The smallest absolute Gasteiger partial charge is 0.336 e. The number of rotatable bonds is 8. The number of fused-ring (bicyclic) bond motifs is 1. The quantitative estimate of drug-likeness (QED) is 0.330. The highest BCUT2D eigenvalue weighted by atomic mass is 35.5. The Kier molecular flexibility index (Phi) is 13.1. The molecule has 2 aromatic carbocycles. The van der Waals surface area contributed by atoms with Crippen molar-refractivity contribution in [3.8, 4) is 0 Å². The molecule has 1 aliphatic rings. The number of amides is 1. The fourth-order valence-electron chi connectivity index (χ4n) is 4.53. The Bertz CT molecular complexity index is 1500. The van der Waals surface area contributed by atoms with Gasteiger partial charge in [0.05, 0.1) is 22.5 Å². The first kappa shape index (κ1) is 36.2. The van der Waals surface area contributed by atoms with Crippen LogP contribution in [0.25, 0.3) is 10.9 Å². The molecule has 1 fully saturated rings. The van der Waals surface area contributed by atoms with E-state index in [2.05, 4.69) is 19.9 Å². The van der Waals surface area contributed by atoms with Gasteiger partial charge in [0.1, 0.15) is 5.82 Å². The average Bonchev–Trinajstić information content (AvgIpc) is 2.84. The van der Waals surface area contributed by atoms with Gasteiger partial charge in [-0.15, -0.1) is 37.2 Å². The molecule has 41 heavy (non-hydrogen) atoms. The Morgan fingerprint density at radius 2 is 1.63 bits per heavy atom. The van der Waals surface area contributed by atoms with Crippen LogP contribution < -0.4 is 14.9 Å². The molecule has 2 heterocycles. The number of carboxylic acids is 1. The maximum absolute atomic E-state index is 13.1. The second-order valence-corrected chi connectivity index (χ2v) is 11.6. The van der Waals surface area contributed by atoms with Crippen LogP contribution in [-0.2, 0) is 14.8 Å². The van der Waals surface area contributed by atoms with Gasteiger partial charge in [0.25, 0.3) is 10.0 Å². The Hall–Kier alpha value is -2.83. The van der Waals surface area contributed by atoms with E-state index in [1.165, 1.54) is 12.1 Å². The van der Waals surface area contributed by atoms with Crippen molar-refractivity contribution < 1.29 is 23.1 Å². The molecule has 14 heteroatoms. The number of benzene rings is 2. The van der Waals surface area contributed by atoms with Gasteiger partial charge in [0.2, 0.25) is 5.91 Å². The molecule has 0 aliphatic carbocycles. The number of aromatic carboxylic acids is 1. The minimum absolute atomic E-state index is 0. The maximum atomic E-state index is 13.1. The molecule has 1 aromatic heterocycles. The van der Waals surface area contributed by atoms with Crippen molar-refractivity contribution >= 4 is 81.5 Å². The lowest BCUT2D eigenvalue weighted by atomic mass is 10.1. The summed E-state index contributed by atoms with van der Waals surface area (Å²) in [6.45, 7) is 10.2. The van der Waals surface area contributed by atoms with E-state index in [0.717, 1.165) is 5.56 Å². The summed E-state index contributed by atoms with van der Waals surface area (Å²) in [5, 5.41) is 13.2. The maximum Gasteiger partial charge on any atom is 0.336 e. The number of carbonyl (C=O) groups is 2. The summed E-state index contributed by atoms with van der Waals surface area (Å²) in [5.41, 5.74) is 2.18. The lowest BCUT2D eigenvalue weighted by Crippen LogP contribution is -2.50. The number of aromatic nitrogens is 1. The third-order valence-electron chi connectivity index (χ3n) is 6.42. The van der Waals surface area contributed by atoms with Crippen molar-refractivity contribution in [1.29, 1.82) is 0 Å². The Morgan fingerprint density at radius 1 is 0.976 bits per heavy atom. The van der Waals surface area contributed by atoms with E-state index < -0.39 is 16.0 Å². The largest absolute Gasteiger partial charge is 0.478 e. The molecular formula is C27H36Cl3N5O5S. The number of anilines is 2. The third-order valence-corrected chi connectivity index (χ3v) is 7.95. The fraction of sp³-hybridized carbons (Fsp3) is 0.370. The molecule has 226 valence electrons. The van der Waals surface area contributed by atoms with Crippen LogP contribution in [0.4, 0.5) is 11.5 Å². The molecule has 0 atom stereocenters. The zero-order chi connectivity index (χ0) is 27.6. The summed E-state index contributed by atoms with van der Waals surface area (Å²) >= 11 is 0. The lowest BCUT2D eigenvalue weighted by Gasteiger charge is -2.35. The lowest BCUT2D eigenvalue weighted by molar-refractivity contribution is -0.122. The van der Waals surface area contributed by atoms with E-state index in [1.807, 2.05) is 31.7 Å². The number of piperazine rings is 1. The van der Waals surface area contributed by atoms with E-state index in [-0.39, 0.29) is 65.3 Å². The first-order valence-electron chi connectivity index (χ1n) is 12.5. The van der Waals surface area contributed by atoms with Crippen LogP contribution in [0.3, 0.4) is 0 Å². The van der Waals surface area contributed by atoms with Gasteiger partial charge in [-0.1, -0.05) is 12.1 Å². The molecule has 0 unspecified atom stereocenters. The number of hydrogen-bond donors (Lipinski definition) is 3. The van der Waals surface area contributed by atoms with E-state index in [0.29, 0.717) is 55.0 Å². The SMILES string of the molecule is Cc1ccc(C)c(S(=O)(=O)Nc2ccc3nc(N4CCN(CC(=O)NC(C)C)CC4)cc(C(=O)O)c3c2)c1.Cl.Cl.Cl. The van der Waals surface area contributed by atoms with Crippen LogP contribution in [0.2, 0.25) is 0 Å². The molecule has 0 radical (unpaired) electrons. The average molecular weight is 649 g/mol. The van der Waals surface area contributed by atoms with Crippen molar-refractivity contribution in [2.24, 2.45) is 0 Å². The number of pyridine rings is 1. The van der Waals surface area contributed by atoms with Gasteiger partial charge in [-0.05, 0) is 69.2 Å². The van der Waals surface area contributed by atoms with Gasteiger partial charge in [-0.2, -0.15) is 0 Å². The highest BCUT2D eigenvalue weighted by Gasteiger charge is 2.23. The molecule has 10 nitrogen and oxygen atoms in total. The Morgan fingerprint density at radius 3 is 2.24 bits per heavy atom. The van der Waals surface area contributed by atoms with Gasteiger partial charge in [-0.3, -0.25) is 14.4 Å². The van der Waals surface area contributed by atoms with E-state index in [1.54, 1.807) is 31.2 Å². The normalized spacial score (nSPS) is 13.5. The van der Waals surface area contributed by atoms with Crippen LogP contribution in [0.1, 0.15) is 35.3 Å². The number of nitrogens with one attached hydrogen (secondary N) is 2. The second-order valence-electron chi connectivity index (χ2n) is 9.92. The number of hydrogen-bond acceptors (Lipinski definition) is 7. The number of carboxylic acid groups (broad SMARTS) is 1. The van der Waals surface area contributed by atoms with Crippen molar-refractivity contribution in [1.82, 2.24) is 15.2 Å². The summed E-state index contributed by atoms with van der Waals surface area (Å²) in [5.74, 6) is -0.614. The monoisotopic (exact) mass is 647 g/mol. The van der Waals surface area contributed by atoms with Crippen LogP contribution in [0.15, 0.2) is 47.4 Å². The highest BCUT2D eigenvalue weighted by Crippen LogP contribution is 2.28. The summed E-state index contributed by atoms with van der Waals surface area (Å²) in [6.07, 6.45) is 0. The van der Waals surface area contributed by atoms with Gasteiger partial charge in [-0.25, -0.2) is 18.2 Å². The van der Waals surface area contributed by atoms with Gasteiger partial charge < -0.3 is 15.3 Å². The second kappa shape index (κ2) is 14.9. The fourth-order valence-corrected chi connectivity index (χ4v) is 5.91. The molecule has 0 saturated carbocycles. The Balaban J connectivity index is 0.00000280. The van der Waals surface area contributed by atoms with Gasteiger partial charge in [0, 0.05) is 43.3 Å². The van der Waals surface area contributed by atoms with Crippen molar-refractivity contribution in [2.45, 2.75) is 38.6 Å². The predicted molar refractivity (Wildman–Crippen MR) is 169 cm³/mol. The molecule has 0 spiro atoms. The predicted octanol–water partition coefficient (Wildman–Crippen LogP) is 4.26. The highest BCUT2D eigenvalue weighted by molar-refractivity contribution is 7.92. The summed E-state index contributed by atoms with van der Waals surface area (Å²) in [4.78, 5) is 33.2. The summed E-state index contributed by atoms with van der Waals surface area (Å²) in [6, 6.07) is 11.5. The van der Waals surface area contributed by atoms with Gasteiger partial charge >= 0.3 is 5.97 Å². The van der Waals surface area contributed by atoms with E-state index in [4.69, 9.17) is 0 Å². The first-order chi connectivity index (χ1) is 17.9. The zero-order valence-corrected chi connectivity index (χ0v) is 26.5. The Labute approximate surface area is 259 Å². The van der Waals surface area contributed by atoms with E-state index >= 15 is 0 Å². The zero-order valence-electron chi connectivity index (χ0n) is 23.2. The van der Waals surface area contributed by atoms with Crippen molar-refractivity contribution in [3.63, 3.8) is 0 Å². The number of halogens is 3. The standard InChI is InChI=1S/C27H33N5O5S.3ClH/c1-17(2)28-26(33)16-31-9-11-32(12-10-31)25-15-22(27(34)35)21-14-20(7-8-23(21)29-25)30-38(36,37)24-13-18(3)5-6-19(24)4;;;/h5-8,13-15,17,30H,9-12,16H2,1-4H3,(H,28,33)(H,34,35);3*1H. The van der Waals surface area contributed by atoms with Crippen LogP contribution in [0, 0.1) is 13.8 Å². The van der Waals surface area contributed by atoms with Crippen LogP contribution in [-0.4, -0.2) is 74.1 Å². The minimum Gasteiger partial charge on any atom is -0.478 e. The molecule has 1 aliphatic heterocycles. The first-order valence-corrected chi connectivity index (χ1v) is 14.0. The van der Waals surface area contributed by atoms with Crippen LogP contribution >= 0.6 is 37.2 Å². The summed E-state index contributed by atoms with van der Waals surface area (Å²) in [7, 11) is -3.87. The molecule has 3 aromatic rings. The van der Waals surface area contributed by atoms with Crippen molar-refractivity contribution in [2.75, 3.05) is 42.3 Å². The molecule has 1 saturated heterocycles. The third kappa shape index (κ3) is 8.83. The summed E-state index contributed by atoms with van der Waals surface area (Å²) < 4.78 is 28.7. The van der Waals surface area contributed by atoms with E-state index in [9.17, 15) is 23.1 Å². The molecule has 0 bridgehead atoms. The number of aryl methyl sites for hydroxylation is 2. The van der Waals surface area contributed by atoms with Crippen LogP contribution in [0.5, 0.6) is 0 Å². The topological polar surface area (TPSA) is 132 Å². The number of sulfonamides is 1. The molecular weight excluding hydrogens is 613 g/mol. The molecule has 3 N–H and O–H groups in total. The number of nitrogens with zero attached hydrogens (tertiary/aromatic N) is 3. The molecule has 1 amide bonds. The number of carbonyl (C=O) groups excluding carboxylic acids is 1. The molecule has 4 rings (SSSR count).